The van der Waals surface area contributed by atoms with Crippen molar-refractivity contribution in [1.29, 1.82) is 0 Å². The Morgan fingerprint density at radius 1 is 1.42 bits per heavy atom. The average molecular weight is 183 g/mol. The molecule has 0 bridgehead atoms. The minimum atomic E-state index is -1.12. The first kappa shape index (κ1) is 11.9. The van der Waals surface area contributed by atoms with Crippen LogP contribution < -0.4 is 5.73 Å². The zero-order valence-corrected chi connectivity index (χ0v) is 8.86. The molecule has 0 aliphatic carbocycles. The topological polar surface area (TPSA) is 101 Å². The van der Waals surface area contributed by atoms with Crippen molar-refractivity contribution in [1.82, 2.24) is 0 Å². The van der Waals surface area contributed by atoms with Crippen molar-refractivity contribution >= 4 is 39.9 Å². The molecule has 64 valence electrons. The molecule has 12 heavy (non-hydrogen) atoms. The van der Waals surface area contributed by atoms with Crippen LogP contribution >= 0.6 is 0 Å². The SMILES string of the molecule is NC([CH2][Na])C(CC(=O)O)C(=O)O. The number of hydrogen-bond acceptors (Lipinski definition) is 3. The van der Waals surface area contributed by atoms with Crippen LogP contribution in [0.3, 0.4) is 0 Å². The van der Waals surface area contributed by atoms with Crippen LogP contribution in [-0.2, 0) is 9.59 Å². The molecule has 0 aromatic heterocycles. The van der Waals surface area contributed by atoms with Crippen LogP contribution in [0.2, 0.25) is 3.67 Å². The predicted molar refractivity (Wildman–Crippen MR) is 41.9 cm³/mol. The van der Waals surface area contributed by atoms with Gasteiger partial charge in [0.15, 0.2) is 0 Å². The van der Waals surface area contributed by atoms with Gasteiger partial charge in [0.2, 0.25) is 0 Å². The summed E-state index contributed by atoms with van der Waals surface area (Å²) in [5, 5.41) is 17.0. The first-order valence-electron chi connectivity index (χ1n) is 3.69. The molecule has 0 rings (SSSR count). The van der Waals surface area contributed by atoms with Crippen LogP contribution in [0.15, 0.2) is 0 Å². The second-order valence-electron chi connectivity index (χ2n) is 2.61. The van der Waals surface area contributed by atoms with Crippen molar-refractivity contribution < 1.29 is 19.8 Å². The summed E-state index contributed by atoms with van der Waals surface area (Å²) in [6.45, 7) is 0. The zero-order valence-electron chi connectivity index (χ0n) is 6.86. The number of hydrogen-bond donors (Lipinski definition) is 3. The molecule has 2 atom stereocenters. The van der Waals surface area contributed by atoms with Gasteiger partial charge in [-0.05, 0) is 0 Å². The van der Waals surface area contributed by atoms with Crippen LogP contribution in [0.4, 0.5) is 0 Å². The Kier molecular flexibility index (Phi) is 5.48. The molecule has 5 nitrogen and oxygen atoms in total. The molecule has 0 saturated heterocycles. The van der Waals surface area contributed by atoms with E-state index < -0.39 is 30.3 Å². The van der Waals surface area contributed by atoms with Gasteiger partial charge in [0.05, 0.1) is 0 Å². The fourth-order valence-corrected chi connectivity index (χ4v) is 1.46. The van der Waals surface area contributed by atoms with E-state index in [1.54, 1.807) is 0 Å². The molecule has 4 N–H and O–H groups in total. The number of nitrogens with two attached hydrogens (primary N) is 1. The first-order chi connectivity index (χ1) is 5.49. The van der Waals surface area contributed by atoms with E-state index in [1.807, 2.05) is 0 Å². The van der Waals surface area contributed by atoms with E-state index in [-0.39, 0.29) is 0 Å². The molecule has 0 aromatic carbocycles. The molecule has 6 heteroatoms. The summed E-state index contributed by atoms with van der Waals surface area (Å²) in [5.41, 5.74) is 5.46. The van der Waals surface area contributed by atoms with Crippen LogP contribution in [-0.4, -0.2) is 56.1 Å². The summed E-state index contributed by atoms with van der Waals surface area (Å²) < 4.78 is 0.601. The van der Waals surface area contributed by atoms with E-state index in [0.717, 1.165) is 27.9 Å². The second kappa shape index (κ2) is 5.53. The molecule has 0 aliphatic rings. The van der Waals surface area contributed by atoms with Crippen LogP contribution in [0.25, 0.3) is 0 Å². The Hall–Kier alpha value is -0.100. The first-order valence-corrected chi connectivity index (χ1v) is 5.10. The molecule has 0 amide bonds. The molecule has 0 radical (unpaired) electrons. The van der Waals surface area contributed by atoms with Gasteiger partial charge in [-0.15, -0.1) is 0 Å². The van der Waals surface area contributed by atoms with Crippen molar-refractivity contribution in [2.45, 2.75) is 16.1 Å². The molecular formula is C6H10NNaO4. The molecular weight excluding hydrogens is 173 g/mol. The standard InChI is InChI=1S/C6H10NO4.Na/c1-3(7)4(6(10)11)2-5(8)9;/h3-4H,1-2,7H2,(H,8,9)(H,10,11);. The summed E-state index contributed by atoms with van der Waals surface area (Å²) in [5.74, 6) is -3.19. The van der Waals surface area contributed by atoms with Gasteiger partial charge in [0.1, 0.15) is 0 Å². The Bertz CT molecular complexity index is 184. The van der Waals surface area contributed by atoms with E-state index >= 15 is 0 Å². The van der Waals surface area contributed by atoms with Gasteiger partial charge in [-0.3, -0.25) is 0 Å². The Balaban J connectivity index is 4.22. The van der Waals surface area contributed by atoms with Crippen molar-refractivity contribution in [2.75, 3.05) is 0 Å². The maximum atomic E-state index is 10.5. The van der Waals surface area contributed by atoms with Crippen LogP contribution in [0, 0.1) is 5.92 Å². The van der Waals surface area contributed by atoms with Crippen molar-refractivity contribution in [3.63, 3.8) is 0 Å². The number of rotatable bonds is 5. The summed E-state index contributed by atoms with van der Waals surface area (Å²) in [6.07, 6.45) is -0.390. The van der Waals surface area contributed by atoms with Crippen molar-refractivity contribution in [2.24, 2.45) is 11.7 Å². The maximum absolute atomic E-state index is 10.5. The van der Waals surface area contributed by atoms with E-state index in [0.29, 0.717) is 3.67 Å². The third kappa shape index (κ3) is 4.06. The number of carboxylic acids is 2. The quantitative estimate of drug-likeness (QED) is 0.478. The summed E-state index contributed by atoms with van der Waals surface area (Å²) in [6, 6.07) is -0.523. The van der Waals surface area contributed by atoms with E-state index in [9.17, 15) is 9.59 Å². The molecule has 0 aromatic rings. The van der Waals surface area contributed by atoms with Gasteiger partial charge in [-0.1, -0.05) is 0 Å². The molecule has 0 aliphatic heterocycles. The van der Waals surface area contributed by atoms with Crippen LogP contribution in [0.1, 0.15) is 6.42 Å². The second-order valence-corrected chi connectivity index (χ2v) is 3.43. The summed E-state index contributed by atoms with van der Waals surface area (Å²) in [4.78, 5) is 20.7. The minimum absolute atomic E-state index is 0.390. The predicted octanol–water partition coefficient (Wildman–Crippen LogP) is -0.924. The van der Waals surface area contributed by atoms with E-state index in [1.165, 1.54) is 0 Å². The van der Waals surface area contributed by atoms with E-state index in [2.05, 4.69) is 0 Å². The normalized spacial score (nSPS) is 15.2. The fourth-order valence-electron chi connectivity index (χ4n) is 0.894. The van der Waals surface area contributed by atoms with E-state index in [4.69, 9.17) is 15.9 Å². The summed E-state index contributed by atoms with van der Waals surface area (Å²) >= 11 is 0.786. The third-order valence-corrected chi connectivity index (χ3v) is 2.64. The van der Waals surface area contributed by atoms with Gasteiger partial charge < -0.3 is 0 Å². The number of aliphatic carboxylic acids is 2. The molecule has 0 spiro atoms. The molecule has 2 unspecified atom stereocenters. The van der Waals surface area contributed by atoms with Crippen molar-refractivity contribution in [3.8, 4) is 0 Å². The Morgan fingerprint density at radius 3 is 2.17 bits per heavy atom. The molecule has 0 heterocycles. The van der Waals surface area contributed by atoms with Crippen molar-refractivity contribution in [3.05, 3.63) is 0 Å². The zero-order chi connectivity index (χ0) is 9.72. The Morgan fingerprint density at radius 2 is 1.92 bits per heavy atom. The fraction of sp³-hybridized carbons (Fsp3) is 0.667. The average Bonchev–Trinajstić information content (AvgIpc) is 1.98. The number of carbonyl (C=O) groups is 2. The molecule has 0 fully saturated rings. The third-order valence-electron chi connectivity index (χ3n) is 1.70. The summed E-state index contributed by atoms with van der Waals surface area (Å²) in [7, 11) is 0. The monoisotopic (exact) mass is 183 g/mol. The van der Waals surface area contributed by atoms with Gasteiger partial charge in [0, 0.05) is 0 Å². The Labute approximate surface area is 87.3 Å². The van der Waals surface area contributed by atoms with Gasteiger partial charge >= 0.3 is 87.5 Å². The van der Waals surface area contributed by atoms with Gasteiger partial charge in [0.25, 0.3) is 0 Å². The number of carboxylic acid groups (broad SMARTS) is 2. The van der Waals surface area contributed by atoms with Gasteiger partial charge in [-0.25, -0.2) is 0 Å². The molecule has 0 saturated carbocycles. The van der Waals surface area contributed by atoms with Crippen LogP contribution in [0.5, 0.6) is 0 Å². The van der Waals surface area contributed by atoms with Gasteiger partial charge in [-0.2, -0.15) is 0 Å².